The van der Waals surface area contributed by atoms with Crippen molar-refractivity contribution < 1.29 is 29.4 Å². The lowest BCUT2D eigenvalue weighted by atomic mass is 10.1. The predicted octanol–water partition coefficient (Wildman–Crippen LogP) is 6.88. The van der Waals surface area contributed by atoms with Crippen LogP contribution >= 0.6 is 0 Å². The number of carbonyl (C=O) groups is 4. The Hall–Kier alpha value is -4.72. The summed E-state index contributed by atoms with van der Waals surface area (Å²) >= 11 is 0. The highest BCUT2D eigenvalue weighted by atomic mass is 16.4. The van der Waals surface area contributed by atoms with Crippen LogP contribution < -0.4 is 0 Å². The van der Waals surface area contributed by atoms with Crippen molar-refractivity contribution in [3.05, 3.63) is 118 Å². The second-order valence-electron chi connectivity index (χ2n) is 12.1. The number of carbonyl (C=O) groups excluding carboxylic acids is 2. The van der Waals surface area contributed by atoms with Gasteiger partial charge in [0.1, 0.15) is 0 Å². The van der Waals surface area contributed by atoms with Crippen LogP contribution in [0.2, 0.25) is 0 Å². The maximum atomic E-state index is 12.0. The number of nitrogens with zero attached hydrogens (tertiary/aromatic N) is 2. The number of carboxylic acid groups (broad SMARTS) is 2. The Morgan fingerprint density at radius 3 is 1.30 bits per heavy atom. The highest BCUT2D eigenvalue weighted by molar-refractivity contribution is 5.88. The minimum absolute atomic E-state index is 0.163. The number of allylic oxidation sites excluding steroid dienone is 6. The first-order valence-corrected chi connectivity index (χ1v) is 15.8. The van der Waals surface area contributed by atoms with E-state index >= 15 is 0 Å². The summed E-state index contributed by atoms with van der Waals surface area (Å²) < 4.78 is 0. The van der Waals surface area contributed by atoms with Gasteiger partial charge in [-0.3, -0.25) is 9.59 Å². The molecular weight excluding hydrogens is 580 g/mol. The monoisotopic (exact) mass is 626 g/mol. The van der Waals surface area contributed by atoms with Crippen LogP contribution in [0.25, 0.3) is 0 Å². The van der Waals surface area contributed by atoms with Crippen LogP contribution in [0.4, 0.5) is 0 Å². The van der Waals surface area contributed by atoms with Gasteiger partial charge >= 0.3 is 11.9 Å². The Balaban J connectivity index is 0.000000250. The highest BCUT2D eigenvalue weighted by Crippen LogP contribution is 2.22. The summed E-state index contributed by atoms with van der Waals surface area (Å²) in [5.41, 5.74) is 5.12. The molecule has 2 aromatic carbocycles. The summed E-state index contributed by atoms with van der Waals surface area (Å²) in [6.07, 6.45) is 16.7. The summed E-state index contributed by atoms with van der Waals surface area (Å²) in [7, 11) is 0. The van der Waals surface area contributed by atoms with Gasteiger partial charge < -0.3 is 20.0 Å². The lowest BCUT2D eigenvalue weighted by molar-refractivity contribution is -0.129. The first-order valence-electron chi connectivity index (χ1n) is 15.8. The molecule has 4 rings (SSSR count). The first kappa shape index (κ1) is 35.8. The van der Waals surface area contributed by atoms with Crippen LogP contribution in [0.5, 0.6) is 0 Å². The van der Waals surface area contributed by atoms with Gasteiger partial charge in [0.05, 0.1) is 23.2 Å². The zero-order valence-electron chi connectivity index (χ0n) is 27.3. The maximum Gasteiger partial charge on any atom is 0.335 e. The van der Waals surface area contributed by atoms with E-state index in [9.17, 15) is 19.2 Å². The normalized spacial score (nSPS) is 17.7. The average Bonchev–Trinajstić information content (AvgIpc) is 3.55. The molecule has 0 saturated carbocycles. The van der Waals surface area contributed by atoms with Crippen molar-refractivity contribution in [3.8, 4) is 0 Å². The molecule has 0 bridgehead atoms. The Labute approximate surface area is 272 Å². The molecule has 2 aromatic rings. The largest absolute Gasteiger partial charge is 0.478 e. The van der Waals surface area contributed by atoms with Gasteiger partial charge in [0, 0.05) is 25.9 Å². The molecule has 0 spiro atoms. The maximum absolute atomic E-state index is 12.0. The van der Waals surface area contributed by atoms with Crippen LogP contribution in [0, 0.1) is 0 Å². The number of benzene rings is 2. The van der Waals surface area contributed by atoms with E-state index in [2.05, 4.69) is 12.2 Å². The van der Waals surface area contributed by atoms with Crippen LogP contribution in [0.15, 0.2) is 96.1 Å². The van der Waals surface area contributed by atoms with Crippen LogP contribution in [-0.4, -0.2) is 68.9 Å². The Kier molecular flexibility index (Phi) is 13.7. The lowest BCUT2D eigenvalue weighted by Crippen LogP contribution is -2.33. The van der Waals surface area contributed by atoms with Crippen molar-refractivity contribution in [1.29, 1.82) is 0 Å². The van der Waals surface area contributed by atoms with E-state index in [4.69, 9.17) is 10.2 Å². The molecule has 244 valence electrons. The summed E-state index contributed by atoms with van der Waals surface area (Å²) in [5.74, 6) is -1.45. The van der Waals surface area contributed by atoms with Crippen molar-refractivity contribution in [2.45, 2.75) is 78.3 Å². The predicted molar refractivity (Wildman–Crippen MR) is 181 cm³/mol. The van der Waals surface area contributed by atoms with Crippen molar-refractivity contribution in [2.24, 2.45) is 0 Å². The molecule has 2 saturated heterocycles. The third-order valence-corrected chi connectivity index (χ3v) is 7.96. The molecule has 8 nitrogen and oxygen atoms in total. The minimum atomic E-state index is -0.921. The van der Waals surface area contributed by atoms with Crippen molar-refractivity contribution in [2.75, 3.05) is 13.1 Å². The zero-order valence-corrected chi connectivity index (χ0v) is 27.3. The van der Waals surface area contributed by atoms with E-state index in [1.54, 1.807) is 24.3 Å². The molecule has 2 aliphatic rings. The van der Waals surface area contributed by atoms with E-state index in [0.29, 0.717) is 25.9 Å². The van der Waals surface area contributed by atoms with Gasteiger partial charge in [-0.15, -0.1) is 0 Å². The summed E-state index contributed by atoms with van der Waals surface area (Å²) in [4.78, 5) is 49.6. The van der Waals surface area contributed by atoms with E-state index in [1.807, 2.05) is 86.1 Å². The molecule has 46 heavy (non-hydrogen) atoms. The first-order chi connectivity index (χ1) is 21.9. The lowest BCUT2D eigenvalue weighted by Gasteiger charge is -2.22. The fraction of sp³-hybridized carbons (Fsp3) is 0.368. The molecule has 0 unspecified atom stereocenters. The van der Waals surface area contributed by atoms with Gasteiger partial charge in [0.15, 0.2) is 0 Å². The molecule has 2 N–H and O–H groups in total. The second-order valence-corrected chi connectivity index (χ2v) is 12.1. The van der Waals surface area contributed by atoms with Crippen molar-refractivity contribution in [1.82, 2.24) is 9.80 Å². The number of hydrogen-bond acceptors (Lipinski definition) is 4. The minimum Gasteiger partial charge on any atom is -0.478 e. The highest BCUT2D eigenvalue weighted by Gasteiger charge is 2.29. The van der Waals surface area contributed by atoms with Gasteiger partial charge in [0.25, 0.3) is 0 Å². The summed E-state index contributed by atoms with van der Waals surface area (Å²) in [6, 6.07) is 14.0. The molecule has 0 aliphatic carbocycles. The third-order valence-electron chi connectivity index (χ3n) is 7.96. The molecule has 2 atom stereocenters. The number of likely N-dealkylation sites (tertiary alicyclic amines) is 2. The second kappa shape index (κ2) is 17.7. The van der Waals surface area contributed by atoms with Crippen molar-refractivity contribution >= 4 is 23.8 Å². The third kappa shape index (κ3) is 11.3. The van der Waals surface area contributed by atoms with Gasteiger partial charge in [-0.25, -0.2) is 9.59 Å². The molecule has 0 radical (unpaired) electrons. The molecule has 2 amide bonds. The molecule has 2 fully saturated rings. The van der Waals surface area contributed by atoms with E-state index in [1.165, 1.54) is 11.1 Å². The standard InChI is InChI=1S/2C19H23NO3/c2*1-14(2)4-3-5-17-10-11-18(21)20(17)13-12-15-6-8-16(9-7-15)19(22)23/h2*3-9,17H,10-13H2,1-2H3,(H,22,23)/b5-3+;5-3-/t2*17-/m00/s1. The number of aromatic carboxylic acids is 2. The molecule has 8 heteroatoms. The fourth-order valence-corrected chi connectivity index (χ4v) is 5.37. The quantitative estimate of drug-likeness (QED) is 0.248. The number of carboxylic acids is 2. The topological polar surface area (TPSA) is 115 Å². The van der Waals surface area contributed by atoms with Gasteiger partial charge in [-0.1, -0.05) is 71.9 Å². The number of hydrogen-bond donors (Lipinski definition) is 2. The molecule has 0 aromatic heterocycles. The Morgan fingerprint density at radius 2 is 1.00 bits per heavy atom. The fourth-order valence-electron chi connectivity index (χ4n) is 5.37. The SMILES string of the molecule is CC(C)=C/C=C/[C@H]1CCC(=O)N1CCc1ccc(C(=O)O)cc1.CC(C)=C/C=C\[C@H]1CCC(=O)N1CCc1ccc(C(=O)O)cc1. The molecule has 2 heterocycles. The van der Waals surface area contributed by atoms with E-state index in [0.717, 1.165) is 36.8 Å². The van der Waals surface area contributed by atoms with Crippen LogP contribution in [-0.2, 0) is 22.4 Å². The van der Waals surface area contributed by atoms with Gasteiger partial charge in [0.2, 0.25) is 11.8 Å². The number of amides is 2. The summed E-state index contributed by atoms with van der Waals surface area (Å²) in [5, 5.41) is 17.8. The molecular formula is C38H46N2O6. The van der Waals surface area contributed by atoms with E-state index in [-0.39, 0.29) is 35.0 Å². The van der Waals surface area contributed by atoms with Crippen LogP contribution in [0.1, 0.15) is 85.2 Å². The van der Waals surface area contributed by atoms with Gasteiger partial charge in [-0.2, -0.15) is 0 Å². The van der Waals surface area contributed by atoms with E-state index < -0.39 is 11.9 Å². The zero-order chi connectivity index (χ0) is 33.6. The smallest absolute Gasteiger partial charge is 0.335 e. The number of rotatable bonds is 12. The Morgan fingerprint density at radius 1 is 0.652 bits per heavy atom. The molecule has 2 aliphatic heterocycles. The van der Waals surface area contributed by atoms with Gasteiger partial charge in [-0.05, 0) is 88.8 Å². The van der Waals surface area contributed by atoms with Crippen molar-refractivity contribution in [3.63, 3.8) is 0 Å². The average molecular weight is 627 g/mol. The summed E-state index contributed by atoms with van der Waals surface area (Å²) in [6.45, 7) is 9.50. The van der Waals surface area contributed by atoms with Crippen LogP contribution in [0.3, 0.4) is 0 Å². The Bertz CT molecular complexity index is 1360.